The van der Waals surface area contributed by atoms with Crippen LogP contribution in [0.25, 0.3) is 0 Å². The molecule has 0 saturated carbocycles. The molecule has 0 heterocycles. The first-order valence-corrected chi connectivity index (χ1v) is 4.15. The van der Waals surface area contributed by atoms with E-state index in [2.05, 4.69) is 11.8 Å². The number of nitro benzene ring substituents is 1. The maximum absolute atomic E-state index is 13.1. The first kappa shape index (κ1) is 11.7. The van der Waals surface area contributed by atoms with Gasteiger partial charge < -0.3 is 5.11 Å². The average Bonchev–Trinajstić information content (AvgIpc) is 2.20. The summed E-state index contributed by atoms with van der Waals surface area (Å²) in [6.07, 6.45) is -0.442. The summed E-state index contributed by atoms with van der Waals surface area (Å²) in [5.41, 5.74) is -0.475. The monoisotopic (exact) mass is 223 g/mol. The van der Waals surface area contributed by atoms with Gasteiger partial charge in [-0.1, -0.05) is 11.8 Å². The predicted molar refractivity (Wildman–Crippen MR) is 52.2 cm³/mol. The quantitative estimate of drug-likeness (QED) is 0.468. The topological polar surface area (TPSA) is 80.4 Å². The van der Waals surface area contributed by atoms with Crippen molar-refractivity contribution in [3.63, 3.8) is 0 Å². The molecule has 0 amide bonds. The van der Waals surface area contributed by atoms with Gasteiger partial charge in [-0.15, -0.1) is 0 Å². The van der Waals surface area contributed by atoms with Crippen molar-refractivity contribution >= 4 is 11.7 Å². The van der Waals surface area contributed by atoms with Crippen molar-refractivity contribution in [1.29, 1.82) is 0 Å². The third kappa shape index (κ3) is 3.06. The van der Waals surface area contributed by atoms with Crippen molar-refractivity contribution in [2.75, 3.05) is 0 Å². The van der Waals surface area contributed by atoms with Crippen molar-refractivity contribution in [2.45, 2.75) is 6.42 Å². The van der Waals surface area contributed by atoms with E-state index < -0.39 is 23.1 Å². The Morgan fingerprint density at radius 3 is 2.81 bits per heavy atom. The van der Waals surface area contributed by atoms with E-state index >= 15 is 0 Å². The Hall–Kier alpha value is -2.42. The van der Waals surface area contributed by atoms with Crippen molar-refractivity contribution < 1.29 is 19.2 Å². The molecular weight excluding hydrogens is 217 g/mol. The van der Waals surface area contributed by atoms with Crippen LogP contribution >= 0.6 is 0 Å². The Balaban J connectivity index is 3.01. The molecule has 1 aromatic carbocycles. The lowest BCUT2D eigenvalue weighted by Crippen LogP contribution is -1.92. The van der Waals surface area contributed by atoms with E-state index in [9.17, 15) is 19.3 Å². The van der Waals surface area contributed by atoms with Crippen molar-refractivity contribution in [3.05, 3.63) is 39.7 Å². The Labute approximate surface area is 89.7 Å². The first-order valence-electron chi connectivity index (χ1n) is 4.15. The molecule has 0 aliphatic rings. The zero-order valence-electron chi connectivity index (χ0n) is 7.94. The number of rotatable bonds is 2. The van der Waals surface area contributed by atoms with Crippen LogP contribution < -0.4 is 0 Å². The highest BCUT2D eigenvalue weighted by atomic mass is 19.1. The smallest absolute Gasteiger partial charge is 0.315 e. The molecule has 0 bridgehead atoms. The van der Waals surface area contributed by atoms with Crippen LogP contribution in [0.2, 0.25) is 0 Å². The number of halogens is 1. The fourth-order valence-corrected chi connectivity index (χ4v) is 0.938. The van der Waals surface area contributed by atoms with E-state index in [0.717, 1.165) is 18.2 Å². The molecule has 0 aliphatic heterocycles. The molecular formula is C10H6FNO4. The fourth-order valence-electron chi connectivity index (χ4n) is 0.938. The molecule has 6 heteroatoms. The number of benzene rings is 1. The second-order valence-corrected chi connectivity index (χ2v) is 2.79. The van der Waals surface area contributed by atoms with Gasteiger partial charge in [0, 0.05) is 12.1 Å². The van der Waals surface area contributed by atoms with Gasteiger partial charge >= 0.3 is 5.97 Å². The molecule has 0 radical (unpaired) electrons. The summed E-state index contributed by atoms with van der Waals surface area (Å²) in [4.78, 5) is 19.9. The molecule has 0 atom stereocenters. The number of aliphatic carboxylic acids is 1. The van der Waals surface area contributed by atoms with Gasteiger partial charge in [0.05, 0.1) is 10.5 Å². The van der Waals surface area contributed by atoms with Gasteiger partial charge in [0.1, 0.15) is 12.2 Å². The summed E-state index contributed by atoms with van der Waals surface area (Å²) in [6.45, 7) is 0. The van der Waals surface area contributed by atoms with Gasteiger partial charge in [0.15, 0.2) is 0 Å². The molecule has 0 fully saturated rings. The van der Waals surface area contributed by atoms with E-state index in [4.69, 9.17) is 5.11 Å². The Kier molecular flexibility index (Phi) is 3.56. The van der Waals surface area contributed by atoms with Crippen LogP contribution in [0.5, 0.6) is 0 Å². The van der Waals surface area contributed by atoms with E-state index in [-0.39, 0.29) is 11.3 Å². The van der Waals surface area contributed by atoms with Gasteiger partial charge in [-0.25, -0.2) is 4.39 Å². The van der Waals surface area contributed by atoms with Crippen LogP contribution in [0.1, 0.15) is 12.0 Å². The van der Waals surface area contributed by atoms with Crippen LogP contribution in [0.15, 0.2) is 18.2 Å². The van der Waals surface area contributed by atoms with E-state index in [1.165, 1.54) is 0 Å². The number of hydrogen-bond donors (Lipinski definition) is 1. The predicted octanol–water partition coefficient (Wildman–Crippen LogP) is 1.56. The minimum atomic E-state index is -1.14. The normalized spacial score (nSPS) is 9.06. The summed E-state index contributed by atoms with van der Waals surface area (Å²) >= 11 is 0. The number of carboxylic acids is 1. The molecule has 82 valence electrons. The molecule has 1 N–H and O–H groups in total. The summed E-state index contributed by atoms with van der Waals surface area (Å²) < 4.78 is 13.1. The van der Waals surface area contributed by atoms with Gasteiger partial charge in [-0.2, -0.15) is 0 Å². The molecule has 16 heavy (non-hydrogen) atoms. The number of hydrogen-bond acceptors (Lipinski definition) is 3. The summed E-state index contributed by atoms with van der Waals surface area (Å²) in [5.74, 6) is 2.57. The first-order chi connectivity index (χ1) is 7.50. The lowest BCUT2D eigenvalue weighted by molar-refractivity contribution is -0.384. The minimum Gasteiger partial charge on any atom is -0.481 e. The minimum absolute atomic E-state index is 0.185. The van der Waals surface area contributed by atoms with Crippen LogP contribution in [0.3, 0.4) is 0 Å². The summed E-state index contributed by atoms with van der Waals surface area (Å²) in [6, 6.07) is 2.89. The van der Waals surface area contributed by atoms with Crippen LogP contribution in [0.4, 0.5) is 10.1 Å². The summed E-state index contributed by atoms with van der Waals surface area (Å²) in [7, 11) is 0. The number of carboxylic acid groups (broad SMARTS) is 1. The van der Waals surface area contributed by atoms with Crippen LogP contribution in [-0.2, 0) is 4.79 Å². The molecule has 0 spiro atoms. The van der Waals surface area contributed by atoms with Gasteiger partial charge in [-0.05, 0) is 6.07 Å². The molecule has 5 nitrogen and oxygen atoms in total. The molecule has 0 aliphatic carbocycles. The largest absolute Gasteiger partial charge is 0.481 e. The Bertz CT molecular complexity index is 501. The van der Waals surface area contributed by atoms with E-state index in [0.29, 0.717) is 0 Å². The third-order valence-electron chi connectivity index (χ3n) is 1.62. The highest BCUT2D eigenvalue weighted by Crippen LogP contribution is 2.15. The van der Waals surface area contributed by atoms with Gasteiger partial charge in [0.2, 0.25) is 0 Å². The molecule has 0 saturated heterocycles. The second-order valence-electron chi connectivity index (χ2n) is 2.79. The number of nitro groups is 1. The summed E-state index contributed by atoms with van der Waals surface area (Å²) in [5, 5.41) is 18.7. The highest BCUT2D eigenvalue weighted by Gasteiger charge is 2.08. The lowest BCUT2D eigenvalue weighted by atomic mass is 10.2. The van der Waals surface area contributed by atoms with Crippen molar-refractivity contribution in [2.24, 2.45) is 0 Å². The SMILES string of the molecule is O=C(O)CC#Cc1cc([N+](=O)[O-])ccc1F. The van der Waals surface area contributed by atoms with Gasteiger partial charge in [0.25, 0.3) is 5.69 Å². The number of nitrogens with zero attached hydrogens (tertiary/aromatic N) is 1. The molecule has 0 unspecified atom stereocenters. The third-order valence-corrected chi connectivity index (χ3v) is 1.62. The van der Waals surface area contributed by atoms with E-state index in [1.807, 2.05) is 0 Å². The average molecular weight is 223 g/mol. The molecule has 1 aromatic rings. The number of carbonyl (C=O) groups is 1. The molecule has 1 rings (SSSR count). The van der Waals surface area contributed by atoms with Crippen molar-refractivity contribution in [3.8, 4) is 11.8 Å². The maximum Gasteiger partial charge on any atom is 0.315 e. The Morgan fingerprint density at radius 2 is 2.25 bits per heavy atom. The standard InChI is InChI=1S/C10H6FNO4/c11-9-5-4-8(12(15)16)6-7(9)2-1-3-10(13)14/h4-6H,3H2,(H,13,14). The Morgan fingerprint density at radius 1 is 1.56 bits per heavy atom. The van der Waals surface area contributed by atoms with Crippen LogP contribution in [0, 0.1) is 27.8 Å². The van der Waals surface area contributed by atoms with Crippen LogP contribution in [-0.4, -0.2) is 16.0 Å². The lowest BCUT2D eigenvalue weighted by Gasteiger charge is -1.94. The molecule has 0 aromatic heterocycles. The highest BCUT2D eigenvalue weighted by molar-refractivity contribution is 5.70. The zero-order chi connectivity index (χ0) is 12.1. The van der Waals surface area contributed by atoms with Gasteiger partial charge in [-0.3, -0.25) is 14.9 Å². The fraction of sp³-hybridized carbons (Fsp3) is 0.100. The zero-order valence-corrected chi connectivity index (χ0v) is 7.94. The maximum atomic E-state index is 13.1. The van der Waals surface area contributed by atoms with E-state index in [1.54, 1.807) is 0 Å². The van der Waals surface area contributed by atoms with Crippen molar-refractivity contribution in [1.82, 2.24) is 0 Å². The number of non-ortho nitro benzene ring substituents is 1. The second kappa shape index (κ2) is 4.89.